The van der Waals surface area contributed by atoms with Crippen molar-refractivity contribution >= 4 is 23.5 Å². The normalized spacial score (nSPS) is 12.4. The van der Waals surface area contributed by atoms with Crippen molar-refractivity contribution < 1.29 is 24.0 Å². The van der Waals surface area contributed by atoms with Gasteiger partial charge in [0.1, 0.15) is 6.04 Å². The third kappa shape index (κ3) is 6.13. The molecule has 0 aliphatic heterocycles. The molecule has 0 aromatic heterocycles. The van der Waals surface area contributed by atoms with Gasteiger partial charge in [-0.1, -0.05) is 36.4 Å². The fourth-order valence-electron chi connectivity index (χ4n) is 2.67. The highest BCUT2D eigenvalue weighted by Gasteiger charge is 2.25. The maximum atomic E-state index is 12.4. The summed E-state index contributed by atoms with van der Waals surface area (Å²) >= 11 is 0. The molecular weight excluding hydrogens is 390 g/mol. The number of likely N-dealkylation sites (N-methyl/N-ethyl adjacent to an activating group) is 1. The number of carbonyl (C=O) groups is 3. The van der Waals surface area contributed by atoms with Crippen molar-refractivity contribution in [1.82, 2.24) is 10.2 Å². The Morgan fingerprint density at radius 2 is 1.77 bits per heavy atom. The Hall–Kier alpha value is -3.75. The minimum atomic E-state index is -1.05. The lowest BCUT2D eigenvalue weighted by atomic mass is 10.2. The van der Waals surface area contributed by atoms with Crippen LogP contribution in [0.4, 0.5) is 5.69 Å². The van der Waals surface area contributed by atoms with E-state index < -0.39 is 28.9 Å². The van der Waals surface area contributed by atoms with Crippen molar-refractivity contribution in [2.45, 2.75) is 32.5 Å². The largest absolute Gasteiger partial charge is 0.451 e. The number of non-ortho nitro benzene ring substituents is 1. The van der Waals surface area contributed by atoms with Crippen molar-refractivity contribution in [2.75, 3.05) is 7.05 Å². The van der Waals surface area contributed by atoms with Gasteiger partial charge < -0.3 is 15.0 Å². The van der Waals surface area contributed by atoms with Gasteiger partial charge in [-0.15, -0.1) is 0 Å². The van der Waals surface area contributed by atoms with Crippen molar-refractivity contribution in [1.29, 1.82) is 0 Å². The van der Waals surface area contributed by atoms with Gasteiger partial charge in [0.25, 0.3) is 17.5 Å². The molecule has 158 valence electrons. The van der Waals surface area contributed by atoms with E-state index in [1.165, 1.54) is 36.9 Å². The first-order valence-corrected chi connectivity index (χ1v) is 9.23. The molecule has 0 bridgehead atoms. The number of carbonyl (C=O) groups excluding carboxylic acids is 3. The second kappa shape index (κ2) is 10.1. The van der Waals surface area contributed by atoms with E-state index in [1.54, 1.807) is 7.05 Å². The minimum absolute atomic E-state index is 0.0376. The van der Waals surface area contributed by atoms with Gasteiger partial charge in [0.2, 0.25) is 0 Å². The number of ether oxygens (including phenoxy) is 1. The third-order valence-corrected chi connectivity index (χ3v) is 4.30. The van der Waals surface area contributed by atoms with Crippen molar-refractivity contribution in [3.05, 3.63) is 75.8 Å². The number of hydrogen-bond acceptors (Lipinski definition) is 6. The van der Waals surface area contributed by atoms with Gasteiger partial charge in [0.05, 0.1) is 4.92 Å². The molecule has 0 heterocycles. The molecule has 2 atom stereocenters. The van der Waals surface area contributed by atoms with Gasteiger partial charge in [-0.2, -0.15) is 0 Å². The predicted molar refractivity (Wildman–Crippen MR) is 108 cm³/mol. The Labute approximate surface area is 173 Å². The monoisotopic (exact) mass is 413 g/mol. The van der Waals surface area contributed by atoms with Crippen LogP contribution in [0.3, 0.4) is 0 Å². The smallest absolute Gasteiger partial charge is 0.329 e. The number of nitrogens with zero attached hydrogens (tertiary/aromatic N) is 2. The van der Waals surface area contributed by atoms with Crippen LogP contribution in [0.25, 0.3) is 0 Å². The second-order valence-electron chi connectivity index (χ2n) is 6.76. The second-order valence-corrected chi connectivity index (χ2v) is 6.76. The highest BCUT2D eigenvalue weighted by Crippen LogP contribution is 2.13. The topological polar surface area (TPSA) is 119 Å². The maximum Gasteiger partial charge on any atom is 0.329 e. The average molecular weight is 413 g/mol. The number of amides is 2. The first-order chi connectivity index (χ1) is 14.2. The number of rotatable bonds is 8. The molecule has 9 heteroatoms. The first-order valence-electron chi connectivity index (χ1n) is 9.23. The summed E-state index contributed by atoms with van der Waals surface area (Å²) in [5, 5.41) is 13.2. The Bertz CT molecular complexity index is 931. The van der Waals surface area contributed by atoms with Crippen LogP contribution in [-0.2, 0) is 20.9 Å². The van der Waals surface area contributed by atoms with E-state index in [0.29, 0.717) is 6.54 Å². The third-order valence-electron chi connectivity index (χ3n) is 4.30. The molecule has 9 nitrogen and oxygen atoms in total. The number of nitro groups is 1. The average Bonchev–Trinajstić information content (AvgIpc) is 2.73. The van der Waals surface area contributed by atoms with Crippen molar-refractivity contribution in [2.24, 2.45) is 0 Å². The van der Waals surface area contributed by atoms with Gasteiger partial charge in [0, 0.05) is 31.3 Å². The van der Waals surface area contributed by atoms with Crippen LogP contribution >= 0.6 is 0 Å². The number of esters is 1. The number of nitrogens with one attached hydrogen (secondary N) is 1. The summed E-state index contributed by atoms with van der Waals surface area (Å²) in [5.41, 5.74) is 0.735. The molecule has 2 aromatic rings. The lowest BCUT2D eigenvalue weighted by Crippen LogP contribution is -2.43. The van der Waals surface area contributed by atoms with E-state index in [0.717, 1.165) is 11.6 Å². The van der Waals surface area contributed by atoms with E-state index in [4.69, 9.17) is 4.74 Å². The van der Waals surface area contributed by atoms with Gasteiger partial charge in [-0.05, 0) is 25.5 Å². The highest BCUT2D eigenvalue weighted by atomic mass is 16.6. The molecule has 0 radical (unpaired) electrons. The summed E-state index contributed by atoms with van der Waals surface area (Å²) in [6, 6.07) is 13.4. The van der Waals surface area contributed by atoms with Gasteiger partial charge >= 0.3 is 5.97 Å². The zero-order valence-electron chi connectivity index (χ0n) is 16.9. The molecule has 1 N–H and O–H groups in total. The molecule has 30 heavy (non-hydrogen) atoms. The highest BCUT2D eigenvalue weighted by molar-refractivity contribution is 5.97. The summed E-state index contributed by atoms with van der Waals surface area (Å²) in [6.45, 7) is 3.22. The van der Waals surface area contributed by atoms with Crippen LogP contribution in [0.15, 0.2) is 54.6 Å². The zero-order valence-corrected chi connectivity index (χ0v) is 16.9. The lowest BCUT2D eigenvalue weighted by molar-refractivity contribution is -0.384. The molecule has 2 unspecified atom stereocenters. The molecular formula is C21H23N3O6. The summed E-state index contributed by atoms with van der Waals surface area (Å²) in [5.74, 6) is -1.84. The van der Waals surface area contributed by atoms with Gasteiger partial charge in [-0.25, -0.2) is 4.79 Å². The standard InChI is InChI=1S/C21H23N3O6/c1-14(22-19(25)17-10-7-11-18(12-17)24(28)29)21(27)30-15(2)20(26)23(3)13-16-8-5-4-6-9-16/h4-12,14-15H,13H2,1-3H3,(H,22,25). The van der Waals surface area contributed by atoms with Crippen molar-refractivity contribution in [3.63, 3.8) is 0 Å². The molecule has 0 spiro atoms. The quantitative estimate of drug-likeness (QED) is 0.403. The Morgan fingerprint density at radius 1 is 1.10 bits per heavy atom. The minimum Gasteiger partial charge on any atom is -0.451 e. The zero-order chi connectivity index (χ0) is 22.3. The fourth-order valence-corrected chi connectivity index (χ4v) is 2.67. The van der Waals surface area contributed by atoms with E-state index in [1.807, 2.05) is 30.3 Å². The van der Waals surface area contributed by atoms with Crippen LogP contribution in [-0.4, -0.2) is 46.8 Å². The molecule has 0 aliphatic carbocycles. The molecule has 2 rings (SSSR count). The van der Waals surface area contributed by atoms with Crippen LogP contribution < -0.4 is 5.32 Å². The van der Waals surface area contributed by atoms with Gasteiger partial charge in [0.15, 0.2) is 6.10 Å². The number of benzene rings is 2. The van der Waals surface area contributed by atoms with E-state index >= 15 is 0 Å². The van der Waals surface area contributed by atoms with Gasteiger partial charge in [-0.3, -0.25) is 19.7 Å². The molecule has 0 fully saturated rings. The van der Waals surface area contributed by atoms with Crippen LogP contribution in [0.2, 0.25) is 0 Å². The predicted octanol–water partition coefficient (Wildman–Crippen LogP) is 2.30. The van der Waals surface area contributed by atoms with Crippen LogP contribution in [0.5, 0.6) is 0 Å². The number of hydrogen-bond donors (Lipinski definition) is 1. The van der Waals surface area contributed by atoms with Crippen molar-refractivity contribution in [3.8, 4) is 0 Å². The summed E-state index contributed by atoms with van der Waals surface area (Å²) in [6.07, 6.45) is -1.04. The van der Waals surface area contributed by atoms with E-state index in [-0.39, 0.29) is 17.2 Å². The van der Waals surface area contributed by atoms with E-state index in [9.17, 15) is 24.5 Å². The lowest BCUT2D eigenvalue weighted by Gasteiger charge is -2.23. The van der Waals surface area contributed by atoms with Crippen LogP contribution in [0, 0.1) is 10.1 Å². The number of nitro benzene ring substituents is 1. The maximum absolute atomic E-state index is 12.4. The Balaban J connectivity index is 1.91. The summed E-state index contributed by atoms with van der Waals surface area (Å²) < 4.78 is 5.18. The van der Waals surface area contributed by atoms with Crippen LogP contribution in [0.1, 0.15) is 29.8 Å². The molecule has 0 aliphatic rings. The SMILES string of the molecule is CC(NC(=O)c1cccc([N+](=O)[O-])c1)C(=O)OC(C)C(=O)N(C)Cc1ccccc1. The Morgan fingerprint density at radius 3 is 2.40 bits per heavy atom. The fraction of sp³-hybridized carbons (Fsp3) is 0.286. The Kier molecular flexibility index (Phi) is 7.62. The summed E-state index contributed by atoms with van der Waals surface area (Å²) in [7, 11) is 1.60. The molecule has 2 aromatic carbocycles. The molecule has 0 saturated carbocycles. The molecule has 0 saturated heterocycles. The molecule has 2 amide bonds. The first kappa shape index (κ1) is 22.5. The van der Waals surface area contributed by atoms with E-state index in [2.05, 4.69) is 5.32 Å². The summed E-state index contributed by atoms with van der Waals surface area (Å²) in [4.78, 5) is 48.6.